The quantitative estimate of drug-likeness (QED) is 0.822. The molecular formula is C12H12OS2. The molecule has 0 bridgehead atoms. The van der Waals surface area contributed by atoms with Crippen LogP contribution in [0, 0.1) is 0 Å². The Morgan fingerprint density at radius 1 is 1.13 bits per heavy atom. The van der Waals surface area contributed by atoms with E-state index in [0.29, 0.717) is 0 Å². The van der Waals surface area contributed by atoms with Crippen LogP contribution in [0.25, 0.3) is 0 Å². The Morgan fingerprint density at radius 2 is 1.87 bits per heavy atom. The minimum atomic E-state index is -0.493. The molecule has 1 aromatic carbocycles. The number of hydrogen-bond acceptors (Lipinski definition) is 3. The summed E-state index contributed by atoms with van der Waals surface area (Å²) < 4.78 is 0. The zero-order chi connectivity index (χ0) is 10.7. The van der Waals surface area contributed by atoms with Crippen LogP contribution in [0.1, 0.15) is 17.2 Å². The van der Waals surface area contributed by atoms with Crippen LogP contribution in [0.5, 0.6) is 0 Å². The summed E-state index contributed by atoms with van der Waals surface area (Å²) in [6.07, 6.45) is 1.55. The summed E-state index contributed by atoms with van der Waals surface area (Å²) in [5.41, 5.74) is 1.92. The summed E-state index contributed by atoms with van der Waals surface area (Å²) in [5.74, 6) is 0. The molecule has 0 saturated carbocycles. The highest BCUT2D eigenvalue weighted by atomic mass is 32.2. The third-order valence-corrected chi connectivity index (χ3v) is 3.74. The molecule has 2 aromatic rings. The van der Waals surface area contributed by atoms with E-state index in [-0.39, 0.29) is 0 Å². The molecule has 0 spiro atoms. The molecule has 1 heterocycles. The average molecular weight is 236 g/mol. The first kappa shape index (κ1) is 10.7. The molecule has 2 rings (SSSR count). The zero-order valence-electron chi connectivity index (χ0n) is 8.38. The lowest BCUT2D eigenvalue weighted by Gasteiger charge is -2.09. The van der Waals surface area contributed by atoms with Crippen LogP contribution in [0.15, 0.2) is 46.0 Å². The second kappa shape index (κ2) is 4.84. The predicted molar refractivity (Wildman–Crippen MR) is 66.6 cm³/mol. The van der Waals surface area contributed by atoms with Gasteiger partial charge in [0.15, 0.2) is 0 Å². The normalized spacial score (nSPS) is 12.7. The Balaban J connectivity index is 2.22. The van der Waals surface area contributed by atoms with Gasteiger partial charge in [-0.3, -0.25) is 0 Å². The van der Waals surface area contributed by atoms with Crippen LogP contribution in [0.4, 0.5) is 0 Å². The largest absolute Gasteiger partial charge is 0.384 e. The summed E-state index contributed by atoms with van der Waals surface area (Å²) in [6.45, 7) is 0. The summed E-state index contributed by atoms with van der Waals surface area (Å²) in [6, 6.07) is 9.99. The van der Waals surface area contributed by atoms with Crippen LogP contribution >= 0.6 is 23.1 Å². The van der Waals surface area contributed by atoms with E-state index in [2.05, 4.69) is 0 Å². The van der Waals surface area contributed by atoms with Crippen LogP contribution in [0.3, 0.4) is 0 Å². The van der Waals surface area contributed by atoms with Gasteiger partial charge in [-0.25, -0.2) is 0 Å². The number of rotatable bonds is 3. The maximum atomic E-state index is 10.0. The van der Waals surface area contributed by atoms with Gasteiger partial charge in [0.1, 0.15) is 6.10 Å². The van der Waals surface area contributed by atoms with Gasteiger partial charge in [-0.05, 0) is 46.3 Å². The van der Waals surface area contributed by atoms with Crippen molar-refractivity contribution in [2.24, 2.45) is 0 Å². The summed E-state index contributed by atoms with van der Waals surface area (Å²) in [4.78, 5) is 1.22. The number of thioether (sulfide) groups is 1. The van der Waals surface area contributed by atoms with E-state index in [9.17, 15) is 5.11 Å². The Hall–Kier alpha value is -0.770. The van der Waals surface area contributed by atoms with Gasteiger partial charge >= 0.3 is 0 Å². The predicted octanol–water partition coefficient (Wildman–Crippen LogP) is 3.55. The van der Waals surface area contributed by atoms with E-state index in [0.717, 1.165) is 11.1 Å². The third-order valence-electron chi connectivity index (χ3n) is 2.29. The zero-order valence-corrected chi connectivity index (χ0v) is 10.0. The Bertz CT molecular complexity index is 406. The molecule has 0 aliphatic heterocycles. The number of hydrogen-bond donors (Lipinski definition) is 1. The number of thiophene rings is 1. The second-order valence-electron chi connectivity index (χ2n) is 3.23. The molecule has 0 aliphatic carbocycles. The molecule has 0 amide bonds. The maximum Gasteiger partial charge on any atom is 0.105 e. The first-order valence-corrected chi connectivity index (χ1v) is 6.82. The lowest BCUT2D eigenvalue weighted by Crippen LogP contribution is -1.97. The van der Waals surface area contributed by atoms with E-state index < -0.39 is 6.10 Å². The van der Waals surface area contributed by atoms with Crippen LogP contribution < -0.4 is 0 Å². The van der Waals surface area contributed by atoms with Crippen molar-refractivity contribution >= 4 is 23.1 Å². The van der Waals surface area contributed by atoms with Crippen molar-refractivity contribution in [1.29, 1.82) is 0 Å². The molecule has 0 radical (unpaired) electrons. The average Bonchev–Trinajstić information content (AvgIpc) is 2.82. The highest BCUT2D eigenvalue weighted by Gasteiger charge is 2.09. The first-order chi connectivity index (χ1) is 7.31. The summed E-state index contributed by atoms with van der Waals surface area (Å²) in [5, 5.41) is 14.0. The van der Waals surface area contributed by atoms with E-state index in [1.807, 2.05) is 47.3 Å². The third kappa shape index (κ3) is 2.43. The smallest absolute Gasteiger partial charge is 0.105 e. The fourth-order valence-electron chi connectivity index (χ4n) is 1.41. The van der Waals surface area contributed by atoms with E-state index in [4.69, 9.17) is 0 Å². The summed E-state index contributed by atoms with van der Waals surface area (Å²) in [7, 11) is 0. The lowest BCUT2D eigenvalue weighted by atomic mass is 10.1. The van der Waals surface area contributed by atoms with Gasteiger partial charge in [-0.15, -0.1) is 11.8 Å². The maximum absolute atomic E-state index is 10.0. The molecule has 78 valence electrons. The van der Waals surface area contributed by atoms with Crippen molar-refractivity contribution in [3.63, 3.8) is 0 Å². The molecule has 1 aromatic heterocycles. The number of aliphatic hydroxyl groups excluding tert-OH is 1. The Labute approximate surface area is 97.8 Å². The summed E-state index contributed by atoms with van der Waals surface area (Å²) >= 11 is 3.31. The van der Waals surface area contributed by atoms with Crippen molar-refractivity contribution in [3.05, 3.63) is 52.2 Å². The highest BCUT2D eigenvalue weighted by molar-refractivity contribution is 7.98. The molecule has 3 heteroatoms. The molecule has 0 aliphatic rings. The van der Waals surface area contributed by atoms with Crippen LogP contribution in [-0.2, 0) is 0 Å². The highest BCUT2D eigenvalue weighted by Crippen LogP contribution is 2.25. The first-order valence-electron chi connectivity index (χ1n) is 4.65. The second-order valence-corrected chi connectivity index (χ2v) is 4.89. The topological polar surface area (TPSA) is 20.2 Å². The lowest BCUT2D eigenvalue weighted by molar-refractivity contribution is 0.221. The molecule has 0 fully saturated rings. The van der Waals surface area contributed by atoms with Crippen molar-refractivity contribution in [2.45, 2.75) is 11.0 Å². The fourth-order valence-corrected chi connectivity index (χ4v) is 2.50. The van der Waals surface area contributed by atoms with Crippen molar-refractivity contribution in [3.8, 4) is 0 Å². The van der Waals surface area contributed by atoms with Crippen LogP contribution in [-0.4, -0.2) is 11.4 Å². The standard InChI is InChI=1S/C12H12OS2/c1-14-11-4-2-9(3-5-11)12(13)10-6-7-15-8-10/h2-8,12-13H,1H3. The Kier molecular flexibility index (Phi) is 3.46. The van der Waals surface area contributed by atoms with Gasteiger partial charge in [-0.2, -0.15) is 11.3 Å². The minimum absolute atomic E-state index is 0.493. The molecule has 1 atom stereocenters. The van der Waals surface area contributed by atoms with E-state index >= 15 is 0 Å². The van der Waals surface area contributed by atoms with E-state index in [1.54, 1.807) is 23.1 Å². The van der Waals surface area contributed by atoms with Gasteiger partial charge in [0, 0.05) is 4.90 Å². The molecule has 0 saturated heterocycles. The van der Waals surface area contributed by atoms with Crippen LogP contribution in [0.2, 0.25) is 0 Å². The van der Waals surface area contributed by atoms with Gasteiger partial charge < -0.3 is 5.11 Å². The Morgan fingerprint density at radius 3 is 2.40 bits per heavy atom. The van der Waals surface area contributed by atoms with Crippen molar-refractivity contribution in [2.75, 3.05) is 6.26 Å². The van der Waals surface area contributed by atoms with Crippen molar-refractivity contribution < 1.29 is 5.11 Å². The fraction of sp³-hybridized carbons (Fsp3) is 0.167. The monoisotopic (exact) mass is 236 g/mol. The molecule has 1 N–H and O–H groups in total. The molecule has 1 nitrogen and oxygen atoms in total. The molecular weight excluding hydrogens is 224 g/mol. The SMILES string of the molecule is CSc1ccc(C(O)c2ccsc2)cc1. The number of benzene rings is 1. The van der Waals surface area contributed by atoms with Gasteiger partial charge in [0.2, 0.25) is 0 Å². The van der Waals surface area contributed by atoms with Gasteiger partial charge in [0.05, 0.1) is 0 Å². The van der Waals surface area contributed by atoms with Gasteiger partial charge in [-0.1, -0.05) is 12.1 Å². The molecule has 1 unspecified atom stereocenters. The minimum Gasteiger partial charge on any atom is -0.384 e. The number of aliphatic hydroxyl groups is 1. The molecule has 15 heavy (non-hydrogen) atoms. The van der Waals surface area contributed by atoms with E-state index in [1.165, 1.54) is 4.90 Å². The van der Waals surface area contributed by atoms with Crippen molar-refractivity contribution in [1.82, 2.24) is 0 Å². The van der Waals surface area contributed by atoms with Gasteiger partial charge in [0.25, 0.3) is 0 Å².